The molecule has 0 saturated carbocycles. The molecule has 0 spiro atoms. The Bertz CT molecular complexity index is 901. The molecule has 1 aromatic heterocycles. The molecule has 1 heterocycles. The summed E-state index contributed by atoms with van der Waals surface area (Å²) >= 11 is 0. The molecule has 0 aliphatic heterocycles. The second-order valence-corrected chi connectivity index (χ2v) is 5.21. The van der Waals surface area contributed by atoms with Crippen LogP contribution in [0.3, 0.4) is 0 Å². The normalized spacial score (nSPS) is 9.30. The smallest absolute Gasteiger partial charge is 0.165 e. The van der Waals surface area contributed by atoms with E-state index in [2.05, 4.69) is 27.4 Å². The van der Waals surface area contributed by atoms with Crippen molar-refractivity contribution in [1.29, 1.82) is 0 Å². The summed E-state index contributed by atoms with van der Waals surface area (Å²) in [5.74, 6) is 6.80. The summed E-state index contributed by atoms with van der Waals surface area (Å²) in [4.78, 5) is 0. The lowest BCUT2D eigenvalue weighted by atomic mass is 10.2. The highest BCUT2D eigenvalue weighted by atomic mass is 19.1. The summed E-state index contributed by atoms with van der Waals surface area (Å²) in [6.07, 6.45) is 0. The first kappa shape index (κ1) is 19.7. The quantitative estimate of drug-likeness (QED) is 0.690. The maximum Gasteiger partial charge on any atom is 0.165 e. The van der Waals surface area contributed by atoms with E-state index >= 15 is 0 Å². The van der Waals surface area contributed by atoms with Gasteiger partial charge in [0.15, 0.2) is 11.6 Å². The fourth-order valence-electron chi connectivity index (χ4n) is 1.93. The molecule has 27 heavy (non-hydrogen) atoms. The summed E-state index contributed by atoms with van der Waals surface area (Å²) in [7, 11) is 1.78. The number of nitrogens with one attached hydrogen (secondary N) is 1. The van der Waals surface area contributed by atoms with Gasteiger partial charge in [-0.2, -0.15) is 0 Å². The van der Waals surface area contributed by atoms with Crippen LogP contribution in [0.5, 0.6) is 11.5 Å². The molecule has 2 aromatic carbocycles. The Morgan fingerprint density at radius 1 is 1.00 bits per heavy atom. The molecule has 3 rings (SSSR count). The van der Waals surface area contributed by atoms with Crippen LogP contribution in [0.25, 0.3) is 0 Å². The van der Waals surface area contributed by atoms with E-state index < -0.39 is 0 Å². The summed E-state index contributed by atoms with van der Waals surface area (Å²) in [6.45, 7) is 2.33. The molecule has 138 valence electrons. The van der Waals surface area contributed by atoms with Crippen LogP contribution >= 0.6 is 0 Å². The molecule has 0 unspecified atom stereocenters. The monoisotopic (exact) mass is 365 g/mol. The van der Waals surface area contributed by atoms with Gasteiger partial charge in [0.1, 0.15) is 17.3 Å². The Balaban J connectivity index is 0.000000223. The van der Waals surface area contributed by atoms with Gasteiger partial charge in [-0.1, -0.05) is 18.1 Å². The highest BCUT2D eigenvalue weighted by Gasteiger charge is 1.97. The van der Waals surface area contributed by atoms with Gasteiger partial charge >= 0.3 is 0 Å². The molecule has 0 radical (unpaired) electrons. The molecule has 6 heteroatoms. The van der Waals surface area contributed by atoms with E-state index in [4.69, 9.17) is 9.84 Å². The predicted molar refractivity (Wildman–Crippen MR) is 103 cm³/mol. The number of benzene rings is 2. The molecule has 3 aromatic rings. The molecule has 0 aliphatic rings. The van der Waals surface area contributed by atoms with Crippen molar-refractivity contribution in [1.82, 2.24) is 10.2 Å². The number of hydrogen-bond acceptors (Lipinski definition) is 5. The fourth-order valence-corrected chi connectivity index (χ4v) is 1.93. The minimum absolute atomic E-state index is 0.230. The number of ether oxygens (including phenoxy) is 1. The van der Waals surface area contributed by atoms with Crippen molar-refractivity contribution >= 4 is 5.82 Å². The van der Waals surface area contributed by atoms with E-state index in [-0.39, 0.29) is 11.6 Å². The van der Waals surface area contributed by atoms with Gasteiger partial charge < -0.3 is 15.2 Å². The average molecular weight is 365 g/mol. The Hall–Kier alpha value is -3.59. The molecule has 0 aliphatic carbocycles. The van der Waals surface area contributed by atoms with E-state index in [0.717, 1.165) is 5.56 Å². The molecular weight excluding hydrogens is 345 g/mol. The van der Waals surface area contributed by atoms with Gasteiger partial charge in [0.05, 0.1) is 6.61 Å². The van der Waals surface area contributed by atoms with Gasteiger partial charge in [0, 0.05) is 12.6 Å². The highest BCUT2D eigenvalue weighted by molar-refractivity contribution is 5.43. The molecule has 0 fully saturated rings. The standard InChI is InChI=1S/C13H11N3O.C8H9FO/c1-14-13-9-6-11(15-16-13)5-2-10-3-7-12(17)8-4-10;1-2-10-8-6-4-3-5-7(8)9/h3-4,6-9,17H,1H3,(H,14,16);3-6H,2H2,1H3. The van der Waals surface area contributed by atoms with Gasteiger partial charge in [0.25, 0.3) is 0 Å². The van der Waals surface area contributed by atoms with Crippen LogP contribution in [0.4, 0.5) is 10.2 Å². The number of hydrogen-bond donors (Lipinski definition) is 2. The van der Waals surface area contributed by atoms with Crippen LogP contribution in [-0.2, 0) is 0 Å². The Morgan fingerprint density at radius 3 is 2.33 bits per heavy atom. The first-order valence-electron chi connectivity index (χ1n) is 8.32. The average Bonchev–Trinajstić information content (AvgIpc) is 2.70. The molecular formula is C21H20FN3O2. The first-order valence-corrected chi connectivity index (χ1v) is 8.32. The summed E-state index contributed by atoms with van der Waals surface area (Å²) in [5, 5.41) is 19.9. The van der Waals surface area contributed by atoms with E-state index in [1.807, 2.05) is 13.0 Å². The number of phenols is 1. The van der Waals surface area contributed by atoms with Gasteiger partial charge in [-0.05, 0) is 61.4 Å². The predicted octanol–water partition coefficient (Wildman–Crippen LogP) is 3.85. The largest absolute Gasteiger partial charge is 0.508 e. The third-order valence-electron chi connectivity index (χ3n) is 3.26. The number of nitrogens with zero attached hydrogens (tertiary/aromatic N) is 2. The van der Waals surface area contributed by atoms with Crippen LogP contribution in [0.15, 0.2) is 60.7 Å². The zero-order valence-electron chi connectivity index (χ0n) is 15.1. The van der Waals surface area contributed by atoms with Gasteiger partial charge in [-0.3, -0.25) is 0 Å². The highest BCUT2D eigenvalue weighted by Crippen LogP contribution is 2.14. The van der Waals surface area contributed by atoms with Gasteiger partial charge in [-0.25, -0.2) is 4.39 Å². The zero-order valence-corrected chi connectivity index (χ0v) is 15.1. The molecule has 0 bridgehead atoms. The summed E-state index contributed by atoms with van der Waals surface area (Å²) in [5.41, 5.74) is 1.43. The van der Waals surface area contributed by atoms with E-state index in [0.29, 0.717) is 23.9 Å². The van der Waals surface area contributed by atoms with Crippen LogP contribution in [-0.4, -0.2) is 29.0 Å². The van der Waals surface area contributed by atoms with Crippen molar-refractivity contribution in [2.24, 2.45) is 0 Å². The fraction of sp³-hybridized carbons (Fsp3) is 0.143. The Morgan fingerprint density at radius 2 is 1.74 bits per heavy atom. The van der Waals surface area contributed by atoms with Gasteiger partial charge in [-0.15, -0.1) is 10.2 Å². The molecule has 5 nitrogen and oxygen atoms in total. The van der Waals surface area contributed by atoms with Crippen molar-refractivity contribution in [3.05, 3.63) is 77.7 Å². The van der Waals surface area contributed by atoms with Crippen molar-refractivity contribution in [2.75, 3.05) is 19.0 Å². The van der Waals surface area contributed by atoms with Crippen molar-refractivity contribution < 1.29 is 14.2 Å². The third kappa shape index (κ3) is 6.67. The number of rotatable bonds is 3. The number of para-hydroxylation sites is 1. The minimum atomic E-state index is -0.302. The number of phenolic OH excluding ortho intramolecular Hbond substituents is 1. The SMILES string of the molecule is CCOc1ccccc1F.CNc1ccc(C#Cc2ccc(O)cc2)nn1. The van der Waals surface area contributed by atoms with Crippen molar-refractivity contribution in [3.8, 4) is 23.3 Å². The van der Waals surface area contributed by atoms with Crippen LogP contribution in [0.1, 0.15) is 18.2 Å². The third-order valence-corrected chi connectivity index (χ3v) is 3.26. The lowest BCUT2D eigenvalue weighted by Crippen LogP contribution is -1.95. The van der Waals surface area contributed by atoms with Crippen LogP contribution in [0.2, 0.25) is 0 Å². The van der Waals surface area contributed by atoms with Crippen LogP contribution < -0.4 is 10.1 Å². The number of anilines is 1. The molecule has 0 amide bonds. The van der Waals surface area contributed by atoms with Crippen molar-refractivity contribution in [2.45, 2.75) is 6.92 Å². The van der Waals surface area contributed by atoms with E-state index in [9.17, 15) is 4.39 Å². The zero-order chi connectivity index (χ0) is 19.5. The molecule has 0 saturated heterocycles. The second-order valence-electron chi connectivity index (χ2n) is 5.21. The first-order chi connectivity index (χ1) is 13.1. The number of halogens is 1. The van der Waals surface area contributed by atoms with E-state index in [1.165, 1.54) is 6.07 Å². The topological polar surface area (TPSA) is 67.3 Å². The lowest BCUT2D eigenvalue weighted by Gasteiger charge is -2.01. The number of aromatic nitrogens is 2. The lowest BCUT2D eigenvalue weighted by molar-refractivity contribution is 0.321. The Kier molecular flexibility index (Phi) is 7.61. The van der Waals surface area contributed by atoms with Crippen molar-refractivity contribution in [3.63, 3.8) is 0 Å². The Labute approximate surface area is 157 Å². The maximum atomic E-state index is 12.7. The van der Waals surface area contributed by atoms with Gasteiger partial charge in [0.2, 0.25) is 0 Å². The maximum absolute atomic E-state index is 12.7. The second kappa shape index (κ2) is 10.4. The molecule has 2 N–H and O–H groups in total. The molecule has 0 atom stereocenters. The summed E-state index contributed by atoms with van der Waals surface area (Å²) < 4.78 is 17.6. The van der Waals surface area contributed by atoms with Crippen LogP contribution in [0, 0.1) is 17.7 Å². The summed E-state index contributed by atoms with van der Waals surface area (Å²) in [6, 6.07) is 16.7. The minimum Gasteiger partial charge on any atom is -0.508 e. The van der Waals surface area contributed by atoms with E-state index in [1.54, 1.807) is 55.6 Å². The number of aromatic hydroxyl groups is 1.